The maximum absolute atomic E-state index is 13.3. The molecule has 3 N–H and O–H groups in total. The molecule has 0 radical (unpaired) electrons. The summed E-state index contributed by atoms with van der Waals surface area (Å²) in [5.74, 6) is -0.250. The van der Waals surface area contributed by atoms with Crippen molar-refractivity contribution in [3.05, 3.63) is 107 Å². The number of H-pyrrole nitrogens is 1. The molecule has 1 atom stereocenters. The van der Waals surface area contributed by atoms with Crippen LogP contribution in [0.3, 0.4) is 0 Å². The van der Waals surface area contributed by atoms with E-state index < -0.39 is 5.97 Å². The summed E-state index contributed by atoms with van der Waals surface area (Å²) in [6, 6.07) is 25.0. The van der Waals surface area contributed by atoms with E-state index >= 15 is 0 Å². The number of carboxylic acid groups (broad SMARTS) is 1. The van der Waals surface area contributed by atoms with Crippen LogP contribution >= 0.6 is 11.6 Å². The molecular formula is C32H28ClN3O4. The second-order valence-corrected chi connectivity index (χ2v) is 9.89. The van der Waals surface area contributed by atoms with Gasteiger partial charge in [0.25, 0.3) is 5.91 Å². The number of nitrogens with zero attached hydrogens (tertiary/aromatic N) is 1. The van der Waals surface area contributed by atoms with Gasteiger partial charge in [0.05, 0.1) is 29.7 Å². The van der Waals surface area contributed by atoms with Gasteiger partial charge in [0.1, 0.15) is 11.6 Å². The minimum absolute atomic E-state index is 0.0132. The highest BCUT2D eigenvalue weighted by Gasteiger charge is 2.21. The Balaban J connectivity index is 1.54. The summed E-state index contributed by atoms with van der Waals surface area (Å²) in [5, 5.41) is 13.7. The molecule has 40 heavy (non-hydrogen) atoms. The molecule has 0 bridgehead atoms. The highest BCUT2D eigenvalue weighted by atomic mass is 35.5. The Morgan fingerprint density at radius 3 is 2.48 bits per heavy atom. The minimum atomic E-state index is -1.15. The van der Waals surface area contributed by atoms with Crippen molar-refractivity contribution in [2.45, 2.75) is 25.8 Å². The lowest BCUT2D eigenvalue weighted by Gasteiger charge is -2.19. The number of methoxy groups -OCH3 is 1. The van der Waals surface area contributed by atoms with Crippen molar-refractivity contribution in [3.63, 3.8) is 0 Å². The number of halogens is 1. The van der Waals surface area contributed by atoms with Crippen LogP contribution in [-0.4, -0.2) is 34.1 Å². The van der Waals surface area contributed by atoms with Crippen LogP contribution in [0.5, 0.6) is 5.75 Å². The molecule has 0 saturated carbocycles. The maximum atomic E-state index is 13.3. The van der Waals surface area contributed by atoms with Gasteiger partial charge >= 0.3 is 5.97 Å². The predicted octanol–water partition coefficient (Wildman–Crippen LogP) is 7.53. The Morgan fingerprint density at radius 2 is 1.75 bits per heavy atom. The molecule has 0 saturated heterocycles. The first-order valence-electron chi connectivity index (χ1n) is 12.9. The van der Waals surface area contributed by atoms with Crippen LogP contribution in [0.25, 0.3) is 33.5 Å². The number of carbonyl (C=O) groups is 2. The van der Waals surface area contributed by atoms with Crippen LogP contribution < -0.4 is 10.1 Å². The van der Waals surface area contributed by atoms with Crippen LogP contribution in [0.4, 0.5) is 0 Å². The molecule has 0 aliphatic rings. The molecule has 1 aromatic heterocycles. The normalized spacial score (nSPS) is 11.8. The first-order valence-corrected chi connectivity index (χ1v) is 13.3. The number of fused-ring (bicyclic) bond motifs is 1. The summed E-state index contributed by atoms with van der Waals surface area (Å²) in [6.07, 6.45) is 1.64. The fourth-order valence-corrected chi connectivity index (χ4v) is 5.00. The summed E-state index contributed by atoms with van der Waals surface area (Å²) in [5.41, 5.74) is 4.44. The zero-order chi connectivity index (χ0) is 28.2. The second kappa shape index (κ2) is 11.6. The average molecular weight is 554 g/mol. The Bertz CT molecular complexity index is 1700. The molecule has 1 heterocycles. The summed E-state index contributed by atoms with van der Waals surface area (Å²) in [6.45, 7) is 2.06. The fourth-order valence-electron chi connectivity index (χ4n) is 4.82. The van der Waals surface area contributed by atoms with Gasteiger partial charge in [-0.3, -0.25) is 4.79 Å². The van der Waals surface area contributed by atoms with E-state index in [1.807, 2.05) is 48.5 Å². The smallest absolute Gasteiger partial charge is 0.336 e. The molecule has 202 valence electrons. The van der Waals surface area contributed by atoms with Crippen molar-refractivity contribution < 1.29 is 19.4 Å². The van der Waals surface area contributed by atoms with Gasteiger partial charge in [0, 0.05) is 22.2 Å². The lowest BCUT2D eigenvalue weighted by atomic mass is 9.93. The molecule has 0 fully saturated rings. The van der Waals surface area contributed by atoms with Crippen molar-refractivity contribution in [2.75, 3.05) is 7.11 Å². The van der Waals surface area contributed by atoms with Gasteiger partial charge in [-0.05, 0) is 65.6 Å². The number of hydrogen-bond acceptors (Lipinski definition) is 4. The van der Waals surface area contributed by atoms with Crippen LogP contribution in [0, 0.1) is 0 Å². The number of rotatable bonds is 9. The van der Waals surface area contributed by atoms with Crippen molar-refractivity contribution in [1.82, 2.24) is 15.3 Å². The molecule has 8 heteroatoms. The van der Waals surface area contributed by atoms with Crippen LogP contribution in [0.1, 0.15) is 52.1 Å². The van der Waals surface area contributed by atoms with Gasteiger partial charge in [-0.2, -0.15) is 0 Å². The highest BCUT2D eigenvalue weighted by Crippen LogP contribution is 2.36. The first-order chi connectivity index (χ1) is 19.4. The number of ether oxygens (including phenoxy) is 1. The number of nitrogens with one attached hydrogen (secondary N) is 2. The molecule has 1 amide bonds. The third-order valence-corrected chi connectivity index (χ3v) is 7.05. The third-order valence-electron chi connectivity index (χ3n) is 6.81. The Kier molecular flexibility index (Phi) is 7.84. The van der Waals surface area contributed by atoms with Crippen LogP contribution in [0.2, 0.25) is 5.02 Å². The van der Waals surface area contributed by atoms with E-state index in [0.717, 1.165) is 29.4 Å². The predicted molar refractivity (Wildman–Crippen MR) is 157 cm³/mol. The average Bonchev–Trinajstić information content (AvgIpc) is 3.40. The van der Waals surface area contributed by atoms with E-state index in [0.29, 0.717) is 33.3 Å². The van der Waals surface area contributed by atoms with E-state index in [4.69, 9.17) is 21.3 Å². The molecule has 7 nitrogen and oxygen atoms in total. The number of aromatic amines is 1. The topological polar surface area (TPSA) is 104 Å². The zero-order valence-corrected chi connectivity index (χ0v) is 22.8. The number of carboxylic acids is 1. The molecule has 1 unspecified atom stereocenters. The van der Waals surface area contributed by atoms with Crippen LogP contribution in [-0.2, 0) is 0 Å². The van der Waals surface area contributed by atoms with E-state index in [-0.39, 0.29) is 23.1 Å². The van der Waals surface area contributed by atoms with E-state index in [1.165, 1.54) is 6.07 Å². The Morgan fingerprint density at radius 1 is 0.975 bits per heavy atom. The largest absolute Gasteiger partial charge is 0.497 e. The van der Waals surface area contributed by atoms with Gasteiger partial charge < -0.3 is 20.1 Å². The number of amides is 1. The summed E-state index contributed by atoms with van der Waals surface area (Å²) < 4.78 is 5.32. The van der Waals surface area contributed by atoms with Gasteiger partial charge in [-0.25, -0.2) is 9.78 Å². The van der Waals surface area contributed by atoms with Gasteiger partial charge in [-0.15, -0.1) is 0 Å². The molecule has 4 aromatic carbocycles. The number of imidazole rings is 1. The standard InChI is InChI=1S/C32H28ClN3O4/c1-3-7-27(19-8-5-4-6-9-19)36-31(37)20-10-13-23(26(16-20)32(38)39)25-17-21(33)11-14-24(25)30-34-28-15-12-22(40-2)18-29(28)35-30/h4-6,8-18,27H,3,7H2,1-2H3,(H,34,35)(H,36,37)(H,38,39). The van der Waals surface area contributed by atoms with E-state index in [9.17, 15) is 14.7 Å². The second-order valence-electron chi connectivity index (χ2n) is 9.45. The van der Waals surface area contributed by atoms with E-state index in [2.05, 4.69) is 17.2 Å². The minimum Gasteiger partial charge on any atom is -0.497 e. The van der Waals surface area contributed by atoms with Crippen molar-refractivity contribution in [3.8, 4) is 28.3 Å². The van der Waals surface area contributed by atoms with Crippen molar-refractivity contribution in [1.29, 1.82) is 0 Å². The SMILES string of the molecule is CCCC(NC(=O)c1ccc(-c2cc(Cl)ccc2-c2nc3ccc(OC)cc3[nH]2)c(C(=O)O)c1)c1ccccc1. The molecule has 5 rings (SSSR count). The Labute approximate surface area is 236 Å². The monoisotopic (exact) mass is 553 g/mol. The highest BCUT2D eigenvalue weighted by molar-refractivity contribution is 6.31. The third kappa shape index (κ3) is 5.55. The van der Waals surface area contributed by atoms with Gasteiger partial charge in [0.2, 0.25) is 0 Å². The molecular weight excluding hydrogens is 526 g/mol. The zero-order valence-electron chi connectivity index (χ0n) is 22.1. The van der Waals surface area contributed by atoms with Crippen molar-refractivity contribution in [2.24, 2.45) is 0 Å². The first kappa shape index (κ1) is 27.0. The summed E-state index contributed by atoms with van der Waals surface area (Å²) in [4.78, 5) is 33.7. The van der Waals surface area contributed by atoms with Crippen molar-refractivity contribution >= 4 is 34.5 Å². The molecule has 0 spiro atoms. The maximum Gasteiger partial charge on any atom is 0.336 e. The van der Waals surface area contributed by atoms with Crippen LogP contribution in [0.15, 0.2) is 84.9 Å². The number of carbonyl (C=O) groups excluding carboxylic acids is 1. The van der Waals surface area contributed by atoms with Gasteiger partial charge in [-0.1, -0.05) is 61.3 Å². The molecule has 0 aliphatic heterocycles. The number of aromatic nitrogens is 2. The molecule has 0 aliphatic carbocycles. The number of hydrogen-bond donors (Lipinski definition) is 3. The van der Waals surface area contributed by atoms with Gasteiger partial charge in [0.15, 0.2) is 0 Å². The summed E-state index contributed by atoms with van der Waals surface area (Å²) >= 11 is 6.37. The Hall–Kier alpha value is -4.62. The lowest BCUT2D eigenvalue weighted by molar-refractivity contribution is 0.0697. The quantitative estimate of drug-likeness (QED) is 0.175. The lowest BCUT2D eigenvalue weighted by Crippen LogP contribution is -2.28. The van der Waals surface area contributed by atoms with E-state index in [1.54, 1.807) is 37.4 Å². The summed E-state index contributed by atoms with van der Waals surface area (Å²) in [7, 11) is 1.60. The number of aromatic carboxylic acids is 1. The number of benzene rings is 4. The molecule has 5 aromatic rings. The fraction of sp³-hybridized carbons (Fsp3) is 0.156.